The van der Waals surface area contributed by atoms with E-state index in [-0.39, 0.29) is 6.04 Å². The molecule has 0 bridgehead atoms. The van der Waals surface area contributed by atoms with Crippen molar-refractivity contribution in [1.82, 2.24) is 5.32 Å². The van der Waals surface area contributed by atoms with E-state index in [9.17, 15) is 0 Å². The van der Waals surface area contributed by atoms with Crippen molar-refractivity contribution >= 4 is 22.6 Å². The molecule has 0 aromatic heterocycles. The highest BCUT2D eigenvalue weighted by Crippen LogP contribution is 2.37. The van der Waals surface area contributed by atoms with Crippen molar-refractivity contribution in [2.24, 2.45) is 0 Å². The van der Waals surface area contributed by atoms with Crippen LogP contribution in [0.2, 0.25) is 0 Å². The van der Waals surface area contributed by atoms with Gasteiger partial charge in [-0.1, -0.05) is 42.8 Å². The molecule has 0 aliphatic heterocycles. The van der Waals surface area contributed by atoms with E-state index in [0.29, 0.717) is 0 Å². The summed E-state index contributed by atoms with van der Waals surface area (Å²) in [6, 6.07) is 18.2. The average molecular weight is 377 g/mol. The predicted octanol–water partition coefficient (Wildman–Crippen LogP) is 4.87. The van der Waals surface area contributed by atoms with Crippen molar-refractivity contribution in [1.29, 1.82) is 0 Å². The van der Waals surface area contributed by atoms with E-state index < -0.39 is 0 Å². The molecule has 20 heavy (non-hydrogen) atoms. The first kappa shape index (κ1) is 14.1. The van der Waals surface area contributed by atoms with Gasteiger partial charge in [-0.25, -0.2) is 0 Å². The number of hydrogen-bond acceptors (Lipinski definition) is 1. The van der Waals surface area contributed by atoms with Crippen LogP contribution in [0.5, 0.6) is 0 Å². The maximum Gasteiger partial charge on any atom is 0.0574 e. The van der Waals surface area contributed by atoms with Crippen LogP contribution >= 0.6 is 22.6 Å². The van der Waals surface area contributed by atoms with E-state index in [0.717, 1.165) is 5.92 Å². The fourth-order valence-electron chi connectivity index (χ4n) is 2.92. The summed E-state index contributed by atoms with van der Waals surface area (Å²) in [7, 11) is 2.04. The second-order valence-electron chi connectivity index (χ2n) is 5.57. The molecule has 104 valence electrons. The number of halogens is 1. The molecular weight excluding hydrogens is 357 g/mol. The molecule has 2 heteroatoms. The fourth-order valence-corrected chi connectivity index (χ4v) is 3.27. The van der Waals surface area contributed by atoms with Crippen LogP contribution in [0, 0.1) is 3.57 Å². The van der Waals surface area contributed by atoms with Gasteiger partial charge in [0.1, 0.15) is 0 Å². The smallest absolute Gasteiger partial charge is 0.0574 e. The second-order valence-corrected chi connectivity index (χ2v) is 6.82. The Labute approximate surface area is 134 Å². The van der Waals surface area contributed by atoms with Crippen LogP contribution < -0.4 is 5.32 Å². The first-order valence-electron chi connectivity index (χ1n) is 7.30. The Morgan fingerprint density at radius 2 is 1.80 bits per heavy atom. The lowest BCUT2D eigenvalue weighted by Gasteiger charge is -2.27. The molecule has 1 aliphatic carbocycles. The van der Waals surface area contributed by atoms with E-state index in [1.807, 2.05) is 7.05 Å². The minimum Gasteiger partial charge on any atom is -0.309 e. The molecule has 1 aliphatic rings. The van der Waals surface area contributed by atoms with Gasteiger partial charge in [0.15, 0.2) is 0 Å². The molecule has 0 radical (unpaired) electrons. The van der Waals surface area contributed by atoms with Gasteiger partial charge in [-0.15, -0.1) is 0 Å². The van der Waals surface area contributed by atoms with Crippen molar-refractivity contribution in [2.45, 2.75) is 31.2 Å². The summed E-state index contributed by atoms with van der Waals surface area (Å²) < 4.78 is 1.28. The van der Waals surface area contributed by atoms with Gasteiger partial charge in [0.25, 0.3) is 0 Å². The molecule has 0 saturated heterocycles. The lowest BCUT2D eigenvalue weighted by molar-refractivity contribution is 0.419. The lowest BCUT2D eigenvalue weighted by Crippen LogP contribution is -2.18. The molecule has 0 heterocycles. The summed E-state index contributed by atoms with van der Waals surface area (Å²) in [4.78, 5) is 0. The van der Waals surface area contributed by atoms with Crippen LogP contribution in [-0.4, -0.2) is 7.05 Å². The standard InChI is InChI=1S/C18H20IN/c1-20-18(14-8-10-17(19)11-9-14)16-7-3-6-15(12-16)13-4-2-5-13/h3,6-13,18,20H,2,4-5H2,1H3. The monoisotopic (exact) mass is 377 g/mol. The Balaban J connectivity index is 1.90. The van der Waals surface area contributed by atoms with Gasteiger partial charge in [-0.2, -0.15) is 0 Å². The highest BCUT2D eigenvalue weighted by Gasteiger charge is 2.20. The van der Waals surface area contributed by atoms with Gasteiger partial charge in [-0.3, -0.25) is 0 Å². The Morgan fingerprint density at radius 1 is 1.05 bits per heavy atom. The molecule has 1 atom stereocenters. The van der Waals surface area contributed by atoms with E-state index in [2.05, 4.69) is 76.4 Å². The minimum atomic E-state index is 0.284. The SMILES string of the molecule is CNC(c1ccc(I)cc1)c1cccc(C2CCC2)c1. The molecule has 1 unspecified atom stereocenters. The van der Waals surface area contributed by atoms with Gasteiger partial charge < -0.3 is 5.32 Å². The van der Waals surface area contributed by atoms with Gasteiger partial charge in [-0.05, 0) is 77.2 Å². The molecule has 1 N–H and O–H groups in total. The molecule has 1 saturated carbocycles. The Morgan fingerprint density at radius 3 is 2.40 bits per heavy atom. The largest absolute Gasteiger partial charge is 0.309 e. The minimum absolute atomic E-state index is 0.284. The number of hydrogen-bond donors (Lipinski definition) is 1. The predicted molar refractivity (Wildman–Crippen MR) is 93.1 cm³/mol. The van der Waals surface area contributed by atoms with Gasteiger partial charge in [0, 0.05) is 3.57 Å². The zero-order valence-corrected chi connectivity index (χ0v) is 13.9. The number of rotatable bonds is 4. The van der Waals surface area contributed by atoms with Crippen molar-refractivity contribution in [3.05, 3.63) is 68.8 Å². The van der Waals surface area contributed by atoms with Crippen molar-refractivity contribution < 1.29 is 0 Å². The third-order valence-corrected chi connectivity index (χ3v) is 5.03. The lowest BCUT2D eigenvalue weighted by atomic mass is 9.79. The molecule has 2 aromatic carbocycles. The van der Waals surface area contributed by atoms with Crippen LogP contribution in [0.1, 0.15) is 47.9 Å². The van der Waals surface area contributed by atoms with Crippen LogP contribution in [0.15, 0.2) is 48.5 Å². The maximum atomic E-state index is 3.45. The van der Waals surface area contributed by atoms with Crippen molar-refractivity contribution in [3.8, 4) is 0 Å². The fraction of sp³-hybridized carbons (Fsp3) is 0.333. The summed E-state index contributed by atoms with van der Waals surface area (Å²) >= 11 is 2.35. The second kappa shape index (κ2) is 6.27. The highest BCUT2D eigenvalue weighted by molar-refractivity contribution is 14.1. The van der Waals surface area contributed by atoms with Crippen LogP contribution in [-0.2, 0) is 0 Å². The van der Waals surface area contributed by atoms with Gasteiger partial charge in [0.2, 0.25) is 0 Å². The van der Waals surface area contributed by atoms with Crippen molar-refractivity contribution in [2.75, 3.05) is 7.05 Å². The molecular formula is C18H20IN. The zero-order valence-electron chi connectivity index (χ0n) is 11.8. The van der Waals surface area contributed by atoms with Gasteiger partial charge >= 0.3 is 0 Å². The highest BCUT2D eigenvalue weighted by atomic mass is 127. The summed E-state index contributed by atoms with van der Waals surface area (Å²) in [6.07, 6.45) is 4.11. The Kier molecular flexibility index (Phi) is 4.41. The topological polar surface area (TPSA) is 12.0 Å². The van der Waals surface area contributed by atoms with Crippen molar-refractivity contribution in [3.63, 3.8) is 0 Å². The average Bonchev–Trinajstić information content (AvgIpc) is 2.40. The quantitative estimate of drug-likeness (QED) is 0.750. The molecule has 0 amide bonds. The third-order valence-electron chi connectivity index (χ3n) is 4.31. The van der Waals surface area contributed by atoms with E-state index >= 15 is 0 Å². The van der Waals surface area contributed by atoms with Gasteiger partial charge in [0.05, 0.1) is 6.04 Å². The summed E-state index contributed by atoms with van der Waals surface area (Å²) in [5.74, 6) is 0.796. The molecule has 2 aromatic rings. The first-order valence-corrected chi connectivity index (χ1v) is 8.38. The molecule has 1 fully saturated rings. The summed E-state index contributed by atoms with van der Waals surface area (Å²) in [5.41, 5.74) is 4.22. The molecule has 3 rings (SSSR count). The van der Waals surface area contributed by atoms with E-state index in [1.54, 1.807) is 0 Å². The first-order chi connectivity index (χ1) is 9.78. The summed E-state index contributed by atoms with van der Waals surface area (Å²) in [6.45, 7) is 0. The maximum absolute atomic E-state index is 3.45. The molecule has 1 nitrogen and oxygen atoms in total. The number of benzene rings is 2. The summed E-state index contributed by atoms with van der Waals surface area (Å²) in [5, 5.41) is 3.45. The Bertz CT molecular complexity index is 572. The van der Waals surface area contributed by atoms with Crippen LogP contribution in [0.4, 0.5) is 0 Å². The third kappa shape index (κ3) is 2.91. The number of nitrogens with one attached hydrogen (secondary N) is 1. The Hall–Kier alpha value is -0.870. The van der Waals surface area contributed by atoms with Crippen LogP contribution in [0.3, 0.4) is 0 Å². The normalized spacial score (nSPS) is 16.7. The zero-order chi connectivity index (χ0) is 13.9. The molecule has 0 spiro atoms. The van der Waals surface area contributed by atoms with E-state index in [1.165, 1.54) is 39.5 Å². The van der Waals surface area contributed by atoms with Crippen LogP contribution in [0.25, 0.3) is 0 Å². The van der Waals surface area contributed by atoms with E-state index in [4.69, 9.17) is 0 Å².